The number of hydrogen-bond donors (Lipinski definition) is 1. The number of benzene rings is 2. The third-order valence-corrected chi connectivity index (χ3v) is 4.21. The lowest BCUT2D eigenvalue weighted by atomic mass is 9.98. The van der Waals surface area contributed by atoms with Crippen LogP contribution < -0.4 is 10.1 Å². The van der Waals surface area contributed by atoms with E-state index in [4.69, 9.17) is 9.47 Å². The van der Waals surface area contributed by atoms with Crippen LogP contribution in [0.25, 0.3) is 0 Å². The third-order valence-electron chi connectivity index (χ3n) is 4.21. The van der Waals surface area contributed by atoms with Gasteiger partial charge < -0.3 is 14.8 Å². The van der Waals surface area contributed by atoms with Crippen molar-refractivity contribution in [3.63, 3.8) is 0 Å². The van der Waals surface area contributed by atoms with Gasteiger partial charge in [-0.2, -0.15) is 0 Å². The monoisotopic (exact) mass is 369 g/mol. The minimum Gasteiger partial charge on any atom is -0.493 e. The number of ether oxygens (including phenoxy) is 2. The molecule has 2 rings (SSSR count). The summed E-state index contributed by atoms with van der Waals surface area (Å²) < 4.78 is 10.6. The van der Waals surface area contributed by atoms with Crippen molar-refractivity contribution in [3.8, 4) is 5.75 Å². The van der Waals surface area contributed by atoms with Crippen LogP contribution in [0.1, 0.15) is 42.9 Å². The number of esters is 1. The molecule has 0 aromatic heterocycles. The van der Waals surface area contributed by atoms with Gasteiger partial charge >= 0.3 is 5.97 Å². The first-order chi connectivity index (χ1) is 12.9. The molecule has 0 spiro atoms. The number of rotatable bonds is 8. The Bertz CT molecular complexity index is 799. The minimum absolute atomic E-state index is 0.0865. The van der Waals surface area contributed by atoms with Crippen molar-refractivity contribution in [2.45, 2.75) is 40.0 Å². The summed E-state index contributed by atoms with van der Waals surface area (Å²) in [7, 11) is 0. The fourth-order valence-corrected chi connectivity index (χ4v) is 2.70. The highest BCUT2D eigenvalue weighted by Crippen LogP contribution is 2.27. The van der Waals surface area contributed by atoms with Crippen LogP contribution in [0.5, 0.6) is 5.75 Å². The first kappa shape index (κ1) is 20.5. The first-order valence-corrected chi connectivity index (χ1v) is 9.12. The van der Waals surface area contributed by atoms with Crippen molar-refractivity contribution >= 4 is 17.6 Å². The zero-order valence-corrected chi connectivity index (χ0v) is 16.4. The Morgan fingerprint density at radius 3 is 2.41 bits per heavy atom. The molecular formula is C22H27NO4. The molecular weight excluding hydrogens is 342 g/mol. The van der Waals surface area contributed by atoms with Gasteiger partial charge in [0, 0.05) is 5.69 Å². The summed E-state index contributed by atoms with van der Waals surface area (Å²) in [6.07, 6.45) is 0.0865. The van der Waals surface area contributed by atoms with E-state index < -0.39 is 5.97 Å². The molecule has 0 atom stereocenters. The van der Waals surface area contributed by atoms with E-state index in [1.54, 1.807) is 0 Å². The summed E-state index contributed by atoms with van der Waals surface area (Å²) in [6, 6.07) is 13.5. The summed E-state index contributed by atoms with van der Waals surface area (Å²) in [5.41, 5.74) is 3.83. The largest absolute Gasteiger partial charge is 0.493 e. The number of aryl methyl sites for hydroxylation is 2. The SMILES string of the molecule is Cc1ccccc1OCCC(=O)OCC(=O)Nc1c(C)cccc1C(C)C. The van der Waals surface area contributed by atoms with Crippen LogP contribution >= 0.6 is 0 Å². The molecule has 144 valence electrons. The van der Waals surface area contributed by atoms with Gasteiger partial charge in [0.25, 0.3) is 5.91 Å². The molecule has 2 aromatic carbocycles. The molecule has 1 amide bonds. The van der Waals surface area contributed by atoms with E-state index in [-0.39, 0.29) is 31.5 Å². The predicted octanol–water partition coefficient (Wildman–Crippen LogP) is 4.38. The topological polar surface area (TPSA) is 64.6 Å². The van der Waals surface area contributed by atoms with Crippen LogP contribution in [-0.4, -0.2) is 25.1 Å². The highest BCUT2D eigenvalue weighted by Gasteiger charge is 2.13. The molecule has 27 heavy (non-hydrogen) atoms. The van der Waals surface area contributed by atoms with Crippen LogP contribution in [0.3, 0.4) is 0 Å². The molecule has 0 aliphatic heterocycles. The smallest absolute Gasteiger partial charge is 0.309 e. The lowest BCUT2D eigenvalue weighted by Gasteiger charge is -2.16. The predicted molar refractivity (Wildman–Crippen MR) is 106 cm³/mol. The number of carbonyl (C=O) groups excluding carboxylic acids is 2. The number of para-hydroxylation sites is 2. The van der Waals surface area contributed by atoms with E-state index in [0.29, 0.717) is 0 Å². The highest BCUT2D eigenvalue weighted by atomic mass is 16.5. The molecule has 0 saturated heterocycles. The van der Waals surface area contributed by atoms with Crippen molar-refractivity contribution in [2.75, 3.05) is 18.5 Å². The summed E-state index contributed by atoms with van der Waals surface area (Å²) in [6.45, 7) is 7.92. The van der Waals surface area contributed by atoms with Crippen LogP contribution in [0.2, 0.25) is 0 Å². The van der Waals surface area contributed by atoms with Crippen molar-refractivity contribution in [2.24, 2.45) is 0 Å². The Labute approximate surface area is 160 Å². The maximum absolute atomic E-state index is 12.2. The fraction of sp³-hybridized carbons (Fsp3) is 0.364. The van der Waals surface area contributed by atoms with Crippen LogP contribution in [0.15, 0.2) is 42.5 Å². The van der Waals surface area contributed by atoms with Gasteiger partial charge in [-0.15, -0.1) is 0 Å². The van der Waals surface area contributed by atoms with E-state index in [1.807, 2.05) is 56.3 Å². The standard InChI is InChI=1S/C22H27NO4/c1-15(2)18-10-7-9-17(4)22(18)23-20(24)14-27-21(25)12-13-26-19-11-6-5-8-16(19)3/h5-11,15H,12-14H2,1-4H3,(H,23,24). The average Bonchev–Trinajstić information content (AvgIpc) is 2.63. The Kier molecular flexibility index (Phi) is 7.41. The number of nitrogens with one attached hydrogen (secondary N) is 1. The van der Waals surface area contributed by atoms with Crippen molar-refractivity contribution in [1.29, 1.82) is 0 Å². The Hall–Kier alpha value is -2.82. The van der Waals surface area contributed by atoms with Crippen LogP contribution in [0, 0.1) is 13.8 Å². The van der Waals surface area contributed by atoms with Gasteiger partial charge in [0.1, 0.15) is 5.75 Å². The molecule has 0 radical (unpaired) electrons. The summed E-state index contributed by atoms with van der Waals surface area (Å²) in [5, 5.41) is 2.86. The van der Waals surface area contributed by atoms with Gasteiger partial charge in [-0.25, -0.2) is 0 Å². The maximum Gasteiger partial charge on any atom is 0.309 e. The molecule has 0 heterocycles. The van der Waals surface area contributed by atoms with E-state index in [2.05, 4.69) is 19.2 Å². The second kappa shape index (κ2) is 9.76. The van der Waals surface area contributed by atoms with E-state index in [1.165, 1.54) is 0 Å². The Morgan fingerprint density at radius 2 is 1.70 bits per heavy atom. The lowest BCUT2D eigenvalue weighted by molar-refractivity contribution is -0.147. The highest BCUT2D eigenvalue weighted by molar-refractivity contribution is 5.94. The Morgan fingerprint density at radius 1 is 1.00 bits per heavy atom. The minimum atomic E-state index is -0.465. The van der Waals surface area contributed by atoms with Crippen molar-refractivity contribution in [1.82, 2.24) is 0 Å². The number of amides is 1. The van der Waals surface area contributed by atoms with Gasteiger partial charge in [-0.3, -0.25) is 9.59 Å². The quantitative estimate of drug-likeness (QED) is 0.702. The molecule has 0 aliphatic rings. The molecule has 0 unspecified atom stereocenters. The van der Waals surface area contributed by atoms with Gasteiger partial charge in [-0.05, 0) is 42.5 Å². The number of carbonyl (C=O) groups is 2. The van der Waals surface area contributed by atoms with Crippen molar-refractivity contribution in [3.05, 3.63) is 59.2 Å². The number of hydrogen-bond acceptors (Lipinski definition) is 4. The Balaban J connectivity index is 1.79. The average molecular weight is 369 g/mol. The van der Waals surface area contributed by atoms with Crippen molar-refractivity contribution < 1.29 is 19.1 Å². The summed E-state index contributed by atoms with van der Waals surface area (Å²) >= 11 is 0. The summed E-state index contributed by atoms with van der Waals surface area (Å²) in [4.78, 5) is 24.0. The van der Waals surface area contributed by atoms with Gasteiger partial charge in [0.15, 0.2) is 6.61 Å². The maximum atomic E-state index is 12.2. The molecule has 5 nitrogen and oxygen atoms in total. The second-order valence-electron chi connectivity index (χ2n) is 6.77. The molecule has 0 bridgehead atoms. The third kappa shape index (κ3) is 6.13. The second-order valence-corrected chi connectivity index (χ2v) is 6.77. The normalized spacial score (nSPS) is 10.6. The molecule has 0 saturated carbocycles. The van der Waals surface area contributed by atoms with Gasteiger partial charge in [0.2, 0.25) is 0 Å². The lowest BCUT2D eigenvalue weighted by Crippen LogP contribution is -2.22. The van der Waals surface area contributed by atoms with Crippen LogP contribution in [0.4, 0.5) is 5.69 Å². The molecule has 5 heteroatoms. The zero-order valence-electron chi connectivity index (χ0n) is 16.4. The molecule has 1 N–H and O–H groups in total. The first-order valence-electron chi connectivity index (χ1n) is 9.12. The van der Waals surface area contributed by atoms with Gasteiger partial charge in [-0.1, -0.05) is 50.2 Å². The van der Waals surface area contributed by atoms with E-state index in [9.17, 15) is 9.59 Å². The molecule has 0 fully saturated rings. The number of anilines is 1. The van der Waals surface area contributed by atoms with E-state index in [0.717, 1.165) is 28.1 Å². The zero-order chi connectivity index (χ0) is 19.8. The fourth-order valence-electron chi connectivity index (χ4n) is 2.70. The van der Waals surface area contributed by atoms with E-state index >= 15 is 0 Å². The van der Waals surface area contributed by atoms with Gasteiger partial charge in [0.05, 0.1) is 13.0 Å². The molecule has 0 aliphatic carbocycles. The molecule has 2 aromatic rings. The summed E-state index contributed by atoms with van der Waals surface area (Å²) in [5.74, 6) is 0.206. The van der Waals surface area contributed by atoms with Crippen LogP contribution in [-0.2, 0) is 14.3 Å².